The Bertz CT molecular complexity index is 573. The first-order chi connectivity index (χ1) is 10.0. The maximum Gasteiger partial charge on any atom is 0.254 e. The maximum absolute atomic E-state index is 12.8. The number of rotatable bonds is 1. The van der Waals surface area contributed by atoms with Crippen LogP contribution >= 0.6 is 0 Å². The third kappa shape index (κ3) is 3.86. The number of carbonyl (C=O) groups is 1. The van der Waals surface area contributed by atoms with Crippen LogP contribution in [0.25, 0.3) is 0 Å². The molecule has 1 amide bonds. The van der Waals surface area contributed by atoms with Gasteiger partial charge in [-0.15, -0.1) is 0 Å². The molecule has 2 atom stereocenters. The minimum absolute atomic E-state index is 0.127. The smallest absolute Gasteiger partial charge is 0.254 e. The summed E-state index contributed by atoms with van der Waals surface area (Å²) in [6, 6.07) is 5.80. The van der Waals surface area contributed by atoms with Gasteiger partial charge >= 0.3 is 0 Å². The van der Waals surface area contributed by atoms with Gasteiger partial charge in [0.25, 0.3) is 5.91 Å². The summed E-state index contributed by atoms with van der Waals surface area (Å²) >= 11 is 0. The van der Waals surface area contributed by atoms with E-state index in [4.69, 9.17) is 5.73 Å². The first-order valence-electron chi connectivity index (χ1n) is 7.60. The quantitative estimate of drug-likeness (QED) is 0.805. The van der Waals surface area contributed by atoms with E-state index < -0.39 is 0 Å². The number of aryl methyl sites for hydroxylation is 1. The van der Waals surface area contributed by atoms with Gasteiger partial charge in [-0.2, -0.15) is 0 Å². The summed E-state index contributed by atoms with van der Waals surface area (Å²) in [4.78, 5) is 14.8. The van der Waals surface area contributed by atoms with Crippen molar-refractivity contribution in [2.75, 3.05) is 19.6 Å². The molecule has 1 aromatic carbocycles. The minimum atomic E-state index is 0.127. The molecule has 2 unspecified atom stereocenters. The summed E-state index contributed by atoms with van der Waals surface area (Å²) < 4.78 is 0. The topological polar surface area (TPSA) is 46.3 Å². The van der Waals surface area contributed by atoms with Crippen molar-refractivity contribution in [3.8, 4) is 11.8 Å². The van der Waals surface area contributed by atoms with Gasteiger partial charge in [-0.05, 0) is 42.9 Å². The summed E-state index contributed by atoms with van der Waals surface area (Å²) in [6.07, 6.45) is 1.20. The van der Waals surface area contributed by atoms with Crippen LogP contribution in [0.5, 0.6) is 0 Å². The number of benzene rings is 1. The fraction of sp³-hybridized carbons (Fsp3) is 0.500. The van der Waals surface area contributed by atoms with E-state index in [9.17, 15) is 4.79 Å². The van der Waals surface area contributed by atoms with Gasteiger partial charge in [0.15, 0.2) is 0 Å². The van der Waals surface area contributed by atoms with Crippen LogP contribution in [0.2, 0.25) is 0 Å². The van der Waals surface area contributed by atoms with Gasteiger partial charge in [0.1, 0.15) is 0 Å². The van der Waals surface area contributed by atoms with Gasteiger partial charge in [0, 0.05) is 24.2 Å². The van der Waals surface area contributed by atoms with E-state index in [0.717, 1.165) is 29.8 Å². The van der Waals surface area contributed by atoms with Crippen LogP contribution in [-0.4, -0.2) is 30.4 Å². The molecular weight excluding hydrogens is 260 g/mol. The summed E-state index contributed by atoms with van der Waals surface area (Å²) in [5, 5.41) is 0. The molecule has 0 bridgehead atoms. The van der Waals surface area contributed by atoms with Crippen LogP contribution in [0.15, 0.2) is 18.2 Å². The van der Waals surface area contributed by atoms with E-state index in [0.29, 0.717) is 18.4 Å². The number of hydrogen-bond acceptors (Lipinski definition) is 2. The van der Waals surface area contributed by atoms with Crippen molar-refractivity contribution in [1.29, 1.82) is 0 Å². The third-order valence-corrected chi connectivity index (χ3v) is 3.96. The molecule has 0 aliphatic carbocycles. The highest BCUT2D eigenvalue weighted by molar-refractivity contribution is 5.96. The fourth-order valence-corrected chi connectivity index (χ4v) is 3.08. The molecular formula is C18H24N2O. The molecule has 1 aromatic rings. The summed E-state index contributed by atoms with van der Waals surface area (Å²) in [5.74, 6) is 7.10. The van der Waals surface area contributed by atoms with E-state index in [2.05, 4.69) is 25.7 Å². The van der Waals surface area contributed by atoms with E-state index in [-0.39, 0.29) is 5.91 Å². The molecule has 0 radical (unpaired) electrons. The zero-order valence-electron chi connectivity index (χ0n) is 13.1. The van der Waals surface area contributed by atoms with Crippen LogP contribution in [0.1, 0.15) is 41.8 Å². The Labute approximate surface area is 127 Å². The molecule has 0 spiro atoms. The van der Waals surface area contributed by atoms with Gasteiger partial charge < -0.3 is 10.6 Å². The standard InChI is InChI=1S/C18H24N2O/c1-13-9-14(2)12-20(11-13)18(21)17-10-16(5-4-8-19)7-6-15(17)3/h6-7,10,13-14H,8-9,11-12,19H2,1-3H3. The molecule has 1 saturated heterocycles. The highest BCUT2D eigenvalue weighted by atomic mass is 16.2. The van der Waals surface area contributed by atoms with Crippen molar-refractivity contribution < 1.29 is 4.79 Å². The van der Waals surface area contributed by atoms with E-state index in [1.54, 1.807) is 0 Å². The Balaban J connectivity index is 2.25. The Morgan fingerprint density at radius 2 is 2.00 bits per heavy atom. The zero-order chi connectivity index (χ0) is 15.4. The van der Waals surface area contributed by atoms with Crippen LogP contribution in [0.3, 0.4) is 0 Å². The lowest BCUT2D eigenvalue weighted by molar-refractivity contribution is 0.0622. The molecule has 2 N–H and O–H groups in total. The molecule has 1 fully saturated rings. The molecule has 1 heterocycles. The van der Waals surface area contributed by atoms with E-state index in [1.165, 1.54) is 6.42 Å². The molecule has 112 valence electrons. The molecule has 1 aliphatic rings. The van der Waals surface area contributed by atoms with Crippen molar-refractivity contribution >= 4 is 5.91 Å². The molecule has 3 heteroatoms. The Morgan fingerprint density at radius 1 is 1.33 bits per heavy atom. The van der Waals surface area contributed by atoms with Crippen molar-refractivity contribution in [1.82, 2.24) is 4.90 Å². The van der Waals surface area contributed by atoms with Crippen molar-refractivity contribution in [3.05, 3.63) is 34.9 Å². The highest BCUT2D eigenvalue weighted by Crippen LogP contribution is 2.23. The summed E-state index contributed by atoms with van der Waals surface area (Å²) in [6.45, 7) is 8.43. The SMILES string of the molecule is Cc1ccc(C#CCN)cc1C(=O)N1CC(C)CC(C)C1. The first kappa shape index (κ1) is 15.6. The molecule has 2 rings (SSSR count). The van der Waals surface area contributed by atoms with Gasteiger partial charge in [0.2, 0.25) is 0 Å². The van der Waals surface area contributed by atoms with Crippen molar-refractivity contribution in [2.24, 2.45) is 17.6 Å². The number of nitrogens with zero attached hydrogens (tertiary/aromatic N) is 1. The largest absolute Gasteiger partial charge is 0.338 e. The van der Waals surface area contributed by atoms with Gasteiger partial charge in [-0.3, -0.25) is 4.79 Å². The Kier molecular flexibility index (Phi) is 5.03. The number of piperidine rings is 1. The van der Waals surface area contributed by atoms with E-state index in [1.807, 2.05) is 30.0 Å². The second-order valence-corrected chi connectivity index (χ2v) is 6.19. The van der Waals surface area contributed by atoms with Crippen molar-refractivity contribution in [2.45, 2.75) is 27.2 Å². The normalized spacial score (nSPS) is 21.6. The Hall–Kier alpha value is -1.79. The maximum atomic E-state index is 12.8. The van der Waals surface area contributed by atoms with Crippen molar-refractivity contribution in [3.63, 3.8) is 0 Å². The molecule has 0 aromatic heterocycles. The van der Waals surface area contributed by atoms with Crippen LogP contribution in [0.4, 0.5) is 0 Å². The zero-order valence-corrected chi connectivity index (χ0v) is 13.1. The van der Waals surface area contributed by atoms with Crippen LogP contribution < -0.4 is 5.73 Å². The highest BCUT2D eigenvalue weighted by Gasteiger charge is 2.26. The number of amides is 1. The fourth-order valence-electron chi connectivity index (χ4n) is 3.08. The third-order valence-electron chi connectivity index (χ3n) is 3.96. The number of likely N-dealkylation sites (tertiary alicyclic amines) is 1. The monoisotopic (exact) mass is 284 g/mol. The number of carbonyl (C=O) groups excluding carboxylic acids is 1. The average Bonchev–Trinajstić information content (AvgIpc) is 2.44. The lowest BCUT2D eigenvalue weighted by atomic mass is 9.91. The summed E-state index contributed by atoms with van der Waals surface area (Å²) in [7, 11) is 0. The second-order valence-electron chi connectivity index (χ2n) is 6.19. The number of nitrogens with two attached hydrogens (primary N) is 1. The molecule has 21 heavy (non-hydrogen) atoms. The van der Waals surface area contributed by atoms with Crippen LogP contribution in [0, 0.1) is 30.6 Å². The number of hydrogen-bond donors (Lipinski definition) is 1. The predicted molar refractivity (Wildman–Crippen MR) is 86.0 cm³/mol. The van der Waals surface area contributed by atoms with Gasteiger partial charge in [0.05, 0.1) is 6.54 Å². The lowest BCUT2D eigenvalue weighted by Crippen LogP contribution is -2.42. The Morgan fingerprint density at radius 3 is 2.62 bits per heavy atom. The van der Waals surface area contributed by atoms with Crippen LogP contribution in [-0.2, 0) is 0 Å². The minimum Gasteiger partial charge on any atom is -0.338 e. The lowest BCUT2D eigenvalue weighted by Gasteiger charge is -2.35. The molecule has 3 nitrogen and oxygen atoms in total. The first-order valence-corrected chi connectivity index (χ1v) is 7.60. The molecule has 0 saturated carbocycles. The second kappa shape index (κ2) is 6.78. The average molecular weight is 284 g/mol. The van der Waals surface area contributed by atoms with Gasteiger partial charge in [-0.1, -0.05) is 31.8 Å². The van der Waals surface area contributed by atoms with Gasteiger partial charge in [-0.25, -0.2) is 0 Å². The summed E-state index contributed by atoms with van der Waals surface area (Å²) in [5.41, 5.74) is 8.02. The van der Waals surface area contributed by atoms with E-state index >= 15 is 0 Å². The molecule has 1 aliphatic heterocycles. The predicted octanol–water partition coefficient (Wildman–Crippen LogP) is 2.42.